The van der Waals surface area contributed by atoms with Gasteiger partial charge in [0.05, 0.1) is 5.56 Å². The Kier molecular flexibility index (Phi) is 6.90. The summed E-state index contributed by atoms with van der Waals surface area (Å²) >= 11 is 0. The highest BCUT2D eigenvalue weighted by atomic mass is 19.1. The van der Waals surface area contributed by atoms with Crippen molar-refractivity contribution in [3.05, 3.63) is 63.4 Å². The van der Waals surface area contributed by atoms with E-state index in [9.17, 15) is 18.8 Å². The number of ether oxygens (including phenoxy) is 1. The molecule has 4 N–H and O–H groups in total. The molecule has 2 heterocycles. The molecule has 0 spiro atoms. The second-order valence-corrected chi connectivity index (χ2v) is 8.55. The molecular weight excluding hydrogens is 439 g/mol. The molecule has 0 radical (unpaired) electrons. The van der Waals surface area contributed by atoms with Gasteiger partial charge in [-0.3, -0.25) is 14.9 Å². The topological polar surface area (TPSA) is 124 Å². The van der Waals surface area contributed by atoms with Gasteiger partial charge in [0.1, 0.15) is 5.82 Å². The first-order chi connectivity index (χ1) is 16.4. The summed E-state index contributed by atoms with van der Waals surface area (Å²) in [5, 5.41) is 12.6. The van der Waals surface area contributed by atoms with Crippen LogP contribution in [0.25, 0.3) is 11.3 Å². The lowest BCUT2D eigenvalue weighted by molar-refractivity contribution is -0.116. The molecule has 8 nitrogen and oxygen atoms in total. The number of rotatable bonds is 7. The van der Waals surface area contributed by atoms with E-state index in [1.807, 2.05) is 6.92 Å². The number of aromatic amines is 1. The van der Waals surface area contributed by atoms with E-state index in [4.69, 9.17) is 10.1 Å². The van der Waals surface area contributed by atoms with E-state index < -0.39 is 23.7 Å². The molecule has 34 heavy (non-hydrogen) atoms. The minimum Gasteiger partial charge on any atom is -0.404 e. The third-order valence-corrected chi connectivity index (χ3v) is 6.38. The van der Waals surface area contributed by atoms with Crippen LogP contribution < -0.4 is 16.2 Å². The van der Waals surface area contributed by atoms with Gasteiger partial charge >= 0.3 is 6.09 Å². The van der Waals surface area contributed by atoms with Gasteiger partial charge in [0.15, 0.2) is 5.76 Å². The molecule has 0 bridgehead atoms. The van der Waals surface area contributed by atoms with Crippen molar-refractivity contribution in [2.75, 3.05) is 11.9 Å². The van der Waals surface area contributed by atoms with Crippen LogP contribution in [0.1, 0.15) is 56.1 Å². The lowest BCUT2D eigenvalue weighted by atomic mass is 9.76. The number of H-pyrrole nitrogens is 1. The van der Waals surface area contributed by atoms with Crippen LogP contribution in [-0.2, 0) is 9.53 Å². The lowest BCUT2D eigenvalue weighted by Gasteiger charge is -2.28. The van der Waals surface area contributed by atoms with Gasteiger partial charge in [-0.1, -0.05) is 25.3 Å². The van der Waals surface area contributed by atoms with E-state index >= 15 is 0 Å². The molecule has 9 heteroatoms. The average molecular weight is 467 g/mol. The molecule has 1 aliphatic carbocycles. The quantitative estimate of drug-likeness (QED) is 0.355. The highest BCUT2D eigenvalue weighted by Gasteiger charge is 2.32. The molecule has 178 valence electrons. The number of amides is 2. The van der Waals surface area contributed by atoms with Crippen molar-refractivity contribution in [1.29, 1.82) is 5.41 Å². The van der Waals surface area contributed by atoms with E-state index in [2.05, 4.69) is 15.6 Å². The Hall–Kier alpha value is -3.75. The maximum Gasteiger partial charge on any atom is 0.419 e. The number of benzene rings is 1. The number of imide groups is 1. The molecule has 4 rings (SSSR count). The summed E-state index contributed by atoms with van der Waals surface area (Å²) in [7, 11) is 0. The standard InChI is InChI=1S/C25H27FN4O4/c1-2-28-21-11-15(10-19(26)18(21)13-27)20-9-8-16(23(31)29-20)17(14-6-4-3-5-7-14)12-22-24(32)30-25(33)34-22/h8-14,17,27-28H,2-7H2,1H3,(H,29,31)(H,30,32,33)/b22-12-,27-13?. The van der Waals surface area contributed by atoms with Gasteiger partial charge in [-0.15, -0.1) is 0 Å². The summed E-state index contributed by atoms with van der Waals surface area (Å²) < 4.78 is 19.6. The van der Waals surface area contributed by atoms with Crippen molar-refractivity contribution in [2.24, 2.45) is 5.92 Å². The number of hydrogen-bond acceptors (Lipinski definition) is 6. The number of cyclic esters (lactones) is 1. The maximum absolute atomic E-state index is 14.6. The second-order valence-electron chi connectivity index (χ2n) is 8.55. The van der Waals surface area contributed by atoms with Gasteiger partial charge in [-0.2, -0.15) is 0 Å². The Morgan fingerprint density at radius 3 is 2.59 bits per heavy atom. The summed E-state index contributed by atoms with van der Waals surface area (Å²) in [6.07, 6.45) is 6.67. The fourth-order valence-corrected chi connectivity index (χ4v) is 4.74. The van der Waals surface area contributed by atoms with E-state index in [-0.39, 0.29) is 22.8 Å². The number of hydrogen-bond donors (Lipinski definition) is 4. The predicted molar refractivity (Wildman–Crippen MR) is 127 cm³/mol. The number of alkyl carbamates (subject to hydrolysis) is 1. The van der Waals surface area contributed by atoms with Gasteiger partial charge in [-0.05, 0) is 50.0 Å². The number of carbonyl (C=O) groups excluding carboxylic acids is 2. The van der Waals surface area contributed by atoms with E-state index in [0.717, 1.165) is 38.3 Å². The summed E-state index contributed by atoms with van der Waals surface area (Å²) in [5.74, 6) is -1.54. The number of anilines is 1. The molecule has 2 aliphatic rings. The Bertz CT molecular complexity index is 1210. The van der Waals surface area contributed by atoms with Crippen molar-refractivity contribution in [3.63, 3.8) is 0 Å². The van der Waals surface area contributed by atoms with Crippen molar-refractivity contribution in [1.82, 2.24) is 10.3 Å². The van der Waals surface area contributed by atoms with Gasteiger partial charge in [-0.25, -0.2) is 9.18 Å². The molecule has 1 aromatic carbocycles. The van der Waals surface area contributed by atoms with Crippen LogP contribution in [-0.4, -0.2) is 29.7 Å². The first-order valence-corrected chi connectivity index (χ1v) is 11.5. The highest BCUT2D eigenvalue weighted by Crippen LogP contribution is 2.37. The number of aromatic nitrogens is 1. The predicted octanol–water partition coefficient (Wildman–Crippen LogP) is 4.42. The van der Waals surface area contributed by atoms with Crippen LogP contribution >= 0.6 is 0 Å². The third kappa shape index (κ3) is 4.78. The van der Waals surface area contributed by atoms with E-state index in [0.29, 0.717) is 29.1 Å². The summed E-state index contributed by atoms with van der Waals surface area (Å²) in [4.78, 5) is 39.6. The van der Waals surface area contributed by atoms with Crippen LogP contribution in [0.4, 0.5) is 14.9 Å². The molecule has 2 fully saturated rings. The fraction of sp³-hybridized carbons (Fsp3) is 0.360. The van der Waals surface area contributed by atoms with Crippen LogP contribution in [0, 0.1) is 17.1 Å². The van der Waals surface area contributed by atoms with Crippen LogP contribution in [0.15, 0.2) is 40.9 Å². The molecule has 2 amide bonds. The van der Waals surface area contributed by atoms with Crippen molar-refractivity contribution < 1.29 is 18.7 Å². The highest BCUT2D eigenvalue weighted by molar-refractivity contribution is 6.07. The Morgan fingerprint density at radius 1 is 1.21 bits per heavy atom. The number of halogens is 1. The number of allylic oxidation sites excluding steroid dienone is 1. The molecular formula is C25H27FN4O4. The van der Waals surface area contributed by atoms with Crippen LogP contribution in [0.5, 0.6) is 0 Å². The third-order valence-electron chi connectivity index (χ3n) is 6.38. The molecule has 1 saturated carbocycles. The van der Waals surface area contributed by atoms with Crippen molar-refractivity contribution in [3.8, 4) is 11.3 Å². The van der Waals surface area contributed by atoms with Gasteiger partial charge in [0.2, 0.25) is 0 Å². The zero-order valence-electron chi connectivity index (χ0n) is 18.9. The lowest BCUT2D eigenvalue weighted by Crippen LogP contribution is -2.24. The molecule has 1 aromatic heterocycles. The zero-order valence-corrected chi connectivity index (χ0v) is 18.9. The van der Waals surface area contributed by atoms with Gasteiger partial charge in [0.25, 0.3) is 11.5 Å². The maximum atomic E-state index is 14.6. The van der Waals surface area contributed by atoms with Crippen molar-refractivity contribution in [2.45, 2.75) is 44.9 Å². The molecule has 1 atom stereocenters. The normalized spacial score (nSPS) is 18.5. The van der Waals surface area contributed by atoms with E-state index in [1.54, 1.807) is 24.3 Å². The Labute approximate surface area is 196 Å². The molecule has 2 aromatic rings. The summed E-state index contributed by atoms with van der Waals surface area (Å²) in [6.45, 7) is 2.42. The van der Waals surface area contributed by atoms with Crippen LogP contribution in [0.2, 0.25) is 0 Å². The van der Waals surface area contributed by atoms with Gasteiger partial charge < -0.3 is 20.4 Å². The fourth-order valence-electron chi connectivity index (χ4n) is 4.74. The minimum atomic E-state index is -0.824. The molecule has 1 aliphatic heterocycles. The van der Waals surface area contributed by atoms with Gasteiger partial charge in [0, 0.05) is 41.2 Å². The monoisotopic (exact) mass is 466 g/mol. The van der Waals surface area contributed by atoms with E-state index in [1.165, 1.54) is 6.07 Å². The van der Waals surface area contributed by atoms with Crippen LogP contribution in [0.3, 0.4) is 0 Å². The number of nitrogens with one attached hydrogen (secondary N) is 4. The Morgan fingerprint density at radius 2 is 1.97 bits per heavy atom. The zero-order chi connectivity index (χ0) is 24.2. The second kappa shape index (κ2) is 10.0. The number of carbonyl (C=O) groups is 2. The average Bonchev–Trinajstić information content (AvgIpc) is 3.14. The molecule has 1 unspecified atom stereocenters. The smallest absolute Gasteiger partial charge is 0.404 e. The largest absolute Gasteiger partial charge is 0.419 e. The van der Waals surface area contributed by atoms with Crippen molar-refractivity contribution >= 4 is 23.9 Å². The molecule has 1 saturated heterocycles. The number of pyridine rings is 1. The minimum absolute atomic E-state index is 0.0939. The summed E-state index contributed by atoms with van der Waals surface area (Å²) in [6, 6.07) is 6.38. The first-order valence-electron chi connectivity index (χ1n) is 11.5. The SMILES string of the molecule is CCNc1cc(-c2ccc(C(/C=C3\OC(=O)NC3=O)C3CCCCC3)c(=O)[nH]2)cc(F)c1C=N. The Balaban J connectivity index is 1.73. The first kappa shape index (κ1) is 23.4. The summed E-state index contributed by atoms with van der Waals surface area (Å²) in [5.41, 5.74) is 1.63.